The van der Waals surface area contributed by atoms with Crippen molar-refractivity contribution in [2.75, 3.05) is 38.1 Å². The summed E-state index contributed by atoms with van der Waals surface area (Å²) in [5, 5.41) is 0. The van der Waals surface area contributed by atoms with Gasteiger partial charge in [-0.15, -0.1) is 0 Å². The second-order valence-electron chi connectivity index (χ2n) is 7.14. The van der Waals surface area contributed by atoms with Crippen LogP contribution in [-0.2, 0) is 0 Å². The van der Waals surface area contributed by atoms with Crippen molar-refractivity contribution in [2.45, 2.75) is 6.92 Å². The monoisotopic (exact) mass is 343 g/mol. The van der Waals surface area contributed by atoms with Gasteiger partial charge in [-0.1, -0.05) is 48.0 Å². The molecule has 0 atom stereocenters. The molecule has 0 N–H and O–H groups in total. The van der Waals surface area contributed by atoms with Gasteiger partial charge in [-0.3, -0.25) is 4.98 Å². The van der Waals surface area contributed by atoms with E-state index in [4.69, 9.17) is 0 Å². The molecule has 1 aromatic heterocycles. The van der Waals surface area contributed by atoms with E-state index in [9.17, 15) is 0 Å². The minimum atomic E-state index is 1.04. The number of pyridine rings is 1. The van der Waals surface area contributed by atoms with Crippen LogP contribution in [0.5, 0.6) is 0 Å². The average Bonchev–Trinajstić information content (AvgIpc) is 2.69. The molecule has 3 aromatic rings. The summed E-state index contributed by atoms with van der Waals surface area (Å²) in [7, 11) is 2.19. The molecule has 3 heteroatoms. The maximum absolute atomic E-state index is 4.63. The Hall–Kier alpha value is -2.65. The minimum absolute atomic E-state index is 1.04. The summed E-state index contributed by atoms with van der Waals surface area (Å²) in [6.07, 6.45) is 1.93. The van der Waals surface area contributed by atoms with Crippen LogP contribution in [0.15, 0.2) is 66.9 Å². The number of piperazine rings is 1. The SMILES string of the molecule is Cc1ccc(-c2cccc(-c3cc(N4CCN(C)CC4)ccn3)c2)cc1. The Balaban J connectivity index is 1.62. The lowest BCUT2D eigenvalue weighted by Gasteiger charge is -2.34. The van der Waals surface area contributed by atoms with Gasteiger partial charge in [-0.25, -0.2) is 0 Å². The fourth-order valence-electron chi connectivity index (χ4n) is 3.44. The van der Waals surface area contributed by atoms with Gasteiger partial charge in [0.05, 0.1) is 5.69 Å². The Labute approximate surface area is 155 Å². The maximum atomic E-state index is 4.63. The van der Waals surface area contributed by atoms with Gasteiger partial charge in [0.2, 0.25) is 0 Å². The maximum Gasteiger partial charge on any atom is 0.0722 e. The quantitative estimate of drug-likeness (QED) is 0.699. The van der Waals surface area contributed by atoms with E-state index in [-0.39, 0.29) is 0 Å². The number of aryl methyl sites for hydroxylation is 1. The number of aromatic nitrogens is 1. The molecule has 0 saturated carbocycles. The standard InChI is InChI=1S/C23H25N3/c1-18-6-8-19(9-7-18)20-4-3-5-21(16-20)23-17-22(10-11-24-23)26-14-12-25(2)13-15-26/h3-11,16-17H,12-15H2,1-2H3. The van der Waals surface area contributed by atoms with E-state index in [1.54, 1.807) is 0 Å². The molecule has 0 radical (unpaired) electrons. The number of nitrogens with zero attached hydrogens (tertiary/aromatic N) is 3. The number of anilines is 1. The third kappa shape index (κ3) is 3.63. The molecule has 132 valence electrons. The van der Waals surface area contributed by atoms with Gasteiger partial charge in [-0.2, -0.15) is 0 Å². The smallest absolute Gasteiger partial charge is 0.0722 e. The molecule has 1 fully saturated rings. The van der Waals surface area contributed by atoms with Crippen molar-refractivity contribution in [3.8, 4) is 22.4 Å². The highest BCUT2D eigenvalue weighted by atomic mass is 15.2. The van der Waals surface area contributed by atoms with Gasteiger partial charge >= 0.3 is 0 Å². The molecule has 0 amide bonds. The van der Waals surface area contributed by atoms with Crippen LogP contribution in [0, 0.1) is 6.92 Å². The lowest BCUT2D eigenvalue weighted by molar-refractivity contribution is 0.313. The zero-order valence-corrected chi connectivity index (χ0v) is 15.5. The fraction of sp³-hybridized carbons (Fsp3) is 0.261. The van der Waals surface area contributed by atoms with Crippen LogP contribution in [0.3, 0.4) is 0 Å². The van der Waals surface area contributed by atoms with Crippen molar-refractivity contribution in [3.63, 3.8) is 0 Å². The van der Waals surface area contributed by atoms with Crippen molar-refractivity contribution in [2.24, 2.45) is 0 Å². The molecular weight excluding hydrogens is 318 g/mol. The Morgan fingerprint density at radius 1 is 0.769 bits per heavy atom. The lowest BCUT2D eigenvalue weighted by Crippen LogP contribution is -2.44. The molecule has 4 rings (SSSR count). The summed E-state index contributed by atoms with van der Waals surface area (Å²) >= 11 is 0. The Kier molecular flexibility index (Phi) is 4.72. The highest BCUT2D eigenvalue weighted by Crippen LogP contribution is 2.28. The largest absolute Gasteiger partial charge is 0.369 e. The van der Waals surface area contributed by atoms with Crippen LogP contribution in [0.25, 0.3) is 22.4 Å². The molecule has 1 aliphatic rings. The molecular formula is C23H25N3. The van der Waals surface area contributed by atoms with Crippen LogP contribution in [-0.4, -0.2) is 43.1 Å². The molecule has 3 nitrogen and oxygen atoms in total. The summed E-state index contributed by atoms with van der Waals surface area (Å²) in [4.78, 5) is 9.46. The molecule has 2 aromatic carbocycles. The van der Waals surface area contributed by atoms with Gasteiger partial charge < -0.3 is 9.80 Å². The number of hydrogen-bond donors (Lipinski definition) is 0. The summed E-state index contributed by atoms with van der Waals surface area (Å²) in [5.74, 6) is 0. The first-order valence-electron chi connectivity index (χ1n) is 9.26. The van der Waals surface area contributed by atoms with Crippen molar-refractivity contribution in [3.05, 3.63) is 72.4 Å². The number of rotatable bonds is 3. The molecule has 1 aliphatic heterocycles. The van der Waals surface area contributed by atoms with E-state index in [0.29, 0.717) is 0 Å². The summed E-state index contributed by atoms with van der Waals surface area (Å²) < 4.78 is 0. The topological polar surface area (TPSA) is 19.4 Å². The fourth-order valence-corrected chi connectivity index (χ4v) is 3.44. The molecule has 1 saturated heterocycles. The highest BCUT2D eigenvalue weighted by molar-refractivity contribution is 5.73. The van der Waals surface area contributed by atoms with Crippen molar-refractivity contribution in [1.82, 2.24) is 9.88 Å². The van der Waals surface area contributed by atoms with Crippen LogP contribution >= 0.6 is 0 Å². The molecule has 0 unspecified atom stereocenters. The number of benzene rings is 2. The zero-order chi connectivity index (χ0) is 17.9. The van der Waals surface area contributed by atoms with Gasteiger partial charge in [-0.05, 0) is 43.3 Å². The Bertz CT molecular complexity index is 878. The molecule has 0 aliphatic carbocycles. The van der Waals surface area contributed by atoms with Crippen LogP contribution < -0.4 is 4.90 Å². The zero-order valence-electron chi connectivity index (χ0n) is 15.5. The molecule has 0 spiro atoms. The first-order valence-corrected chi connectivity index (χ1v) is 9.26. The molecule has 2 heterocycles. The average molecular weight is 343 g/mol. The Morgan fingerprint density at radius 3 is 2.27 bits per heavy atom. The lowest BCUT2D eigenvalue weighted by atomic mass is 10.0. The first-order chi connectivity index (χ1) is 12.7. The number of likely N-dealkylation sites (N-methyl/N-ethyl adjacent to an activating group) is 1. The second-order valence-corrected chi connectivity index (χ2v) is 7.14. The minimum Gasteiger partial charge on any atom is -0.369 e. The van der Waals surface area contributed by atoms with Gasteiger partial charge in [0.15, 0.2) is 0 Å². The predicted molar refractivity (Wildman–Crippen MR) is 110 cm³/mol. The summed E-state index contributed by atoms with van der Waals surface area (Å²) in [6, 6.07) is 21.7. The Morgan fingerprint density at radius 2 is 1.50 bits per heavy atom. The summed E-state index contributed by atoms with van der Waals surface area (Å²) in [5.41, 5.74) is 7.23. The van der Waals surface area contributed by atoms with E-state index in [2.05, 4.69) is 89.4 Å². The van der Waals surface area contributed by atoms with Crippen molar-refractivity contribution >= 4 is 5.69 Å². The van der Waals surface area contributed by atoms with Crippen molar-refractivity contribution < 1.29 is 0 Å². The van der Waals surface area contributed by atoms with E-state index in [1.807, 2.05) is 6.20 Å². The summed E-state index contributed by atoms with van der Waals surface area (Å²) in [6.45, 7) is 6.49. The molecule has 26 heavy (non-hydrogen) atoms. The van der Waals surface area contributed by atoms with E-state index >= 15 is 0 Å². The van der Waals surface area contributed by atoms with E-state index in [1.165, 1.54) is 27.9 Å². The third-order valence-electron chi connectivity index (χ3n) is 5.16. The van der Waals surface area contributed by atoms with Crippen LogP contribution in [0.4, 0.5) is 5.69 Å². The molecule has 0 bridgehead atoms. The van der Waals surface area contributed by atoms with Crippen LogP contribution in [0.1, 0.15) is 5.56 Å². The second kappa shape index (κ2) is 7.30. The van der Waals surface area contributed by atoms with Crippen molar-refractivity contribution in [1.29, 1.82) is 0 Å². The number of hydrogen-bond acceptors (Lipinski definition) is 3. The highest BCUT2D eigenvalue weighted by Gasteiger charge is 2.15. The van der Waals surface area contributed by atoms with Crippen LogP contribution in [0.2, 0.25) is 0 Å². The van der Waals surface area contributed by atoms with E-state index < -0.39 is 0 Å². The normalized spacial score (nSPS) is 15.2. The first kappa shape index (κ1) is 16.8. The predicted octanol–water partition coefficient (Wildman–Crippen LogP) is 4.48. The third-order valence-corrected chi connectivity index (χ3v) is 5.16. The van der Waals surface area contributed by atoms with E-state index in [0.717, 1.165) is 31.9 Å². The van der Waals surface area contributed by atoms with Gasteiger partial charge in [0.25, 0.3) is 0 Å². The van der Waals surface area contributed by atoms with Gasteiger partial charge in [0.1, 0.15) is 0 Å². The van der Waals surface area contributed by atoms with Gasteiger partial charge in [0, 0.05) is 43.6 Å².